The van der Waals surface area contributed by atoms with Crippen LogP contribution in [0.5, 0.6) is 0 Å². The summed E-state index contributed by atoms with van der Waals surface area (Å²) in [7, 11) is 0. The number of benzene rings is 12. The van der Waals surface area contributed by atoms with E-state index < -0.39 is 0 Å². The fourth-order valence-electron chi connectivity index (χ4n) is 16.5. The number of hydrogen-bond donors (Lipinski definition) is 0. The lowest BCUT2D eigenvalue weighted by atomic mass is 9.36. The maximum Gasteiger partial charge on any atom is 0.248 e. The number of fused-ring (bicyclic) bond motifs is 16. The SMILES string of the molecule is Cc1ccccc1N1c2cc(-c3ccc4c(c3)sc3ccccc34)cc3c2B(c2cc(-c4ccc5c(c4)sc4cc(-c6cc7c8c(c6)N(c6ccc(C(C)(C)C)cc6)c6ccc(C(C)(C)C)cc6B8c6cc(C(C)(C)C)ccc6-7)ccc45)cc(C)c21)c1c(C)cccc1-3. The van der Waals surface area contributed by atoms with Crippen molar-refractivity contribution in [3.05, 3.63) is 252 Å². The van der Waals surface area contributed by atoms with Crippen LogP contribution in [0.15, 0.2) is 218 Å². The summed E-state index contributed by atoms with van der Waals surface area (Å²) in [5.41, 5.74) is 36.8. The second kappa shape index (κ2) is 19.9. The molecule has 0 fully saturated rings. The molecule has 0 radical (unpaired) electrons. The van der Waals surface area contributed by atoms with Crippen LogP contribution in [-0.2, 0) is 16.2 Å². The van der Waals surface area contributed by atoms with E-state index in [4.69, 9.17) is 0 Å². The first-order chi connectivity index (χ1) is 44.7. The van der Waals surface area contributed by atoms with Gasteiger partial charge in [-0.2, -0.15) is 0 Å². The standard InChI is InChI=1S/C87H72B2N2S2/c1-49-18-13-15-22-73(49)91-76-43-57(53-25-33-64-63-20-14-16-23-77(63)92-78(64)45-53)40-69-67-21-17-19-50(2)81(67)89(83(69)76)72-41-55(38-51(3)84(72)91)52-24-34-65-66-35-26-54(46-80(66)93-79(65)44-52)56-39-68-62-36-29-59(86(7,8)9)47-70(62)88-71-48-60(87(10,11)12)30-37-74(71)90(75(42-56)82(68)88)61-31-27-58(28-32-61)85(4,5)6/h13-48H,1-12H3. The van der Waals surface area contributed by atoms with Gasteiger partial charge in [-0.05, 0) is 221 Å². The summed E-state index contributed by atoms with van der Waals surface area (Å²) in [6.07, 6.45) is 0. The summed E-state index contributed by atoms with van der Waals surface area (Å²) < 4.78 is 5.27. The molecule has 6 heterocycles. The van der Waals surface area contributed by atoms with Crippen molar-refractivity contribution in [2.45, 2.75) is 99.3 Å². The molecule has 0 atom stereocenters. The number of para-hydroxylation sites is 1. The Kier molecular flexibility index (Phi) is 12.1. The van der Waals surface area contributed by atoms with Crippen molar-refractivity contribution in [2.75, 3.05) is 9.80 Å². The molecule has 0 saturated carbocycles. The Labute approximate surface area is 556 Å². The van der Waals surface area contributed by atoms with Crippen LogP contribution in [-0.4, -0.2) is 13.4 Å². The summed E-state index contributed by atoms with van der Waals surface area (Å²) in [5.74, 6) is 0. The molecule has 2 nitrogen and oxygen atoms in total. The molecule has 0 aliphatic carbocycles. The van der Waals surface area contributed by atoms with Gasteiger partial charge in [0.2, 0.25) is 13.4 Å². The minimum Gasteiger partial charge on any atom is -0.311 e. The van der Waals surface area contributed by atoms with Gasteiger partial charge >= 0.3 is 0 Å². The predicted octanol–water partition coefficient (Wildman–Crippen LogP) is 20.8. The maximum absolute atomic E-state index is 2.62. The molecule has 4 aliphatic rings. The molecular weight excluding hydrogens is 1160 g/mol. The van der Waals surface area contributed by atoms with Gasteiger partial charge in [-0.1, -0.05) is 218 Å². The fourth-order valence-corrected chi connectivity index (χ4v) is 18.8. The average Bonchev–Trinajstić information content (AvgIpc) is 1.59. The number of nitrogens with zero attached hydrogens (tertiary/aromatic N) is 2. The van der Waals surface area contributed by atoms with Gasteiger partial charge in [-0.3, -0.25) is 0 Å². The summed E-state index contributed by atoms with van der Waals surface area (Å²) in [4.78, 5) is 5.20. The minimum atomic E-state index is -0.00173. The van der Waals surface area contributed by atoms with Gasteiger partial charge < -0.3 is 9.80 Å². The summed E-state index contributed by atoms with van der Waals surface area (Å²) in [6.45, 7) is 28.2. The molecule has 18 rings (SSSR count). The Bertz CT molecular complexity index is 5580. The van der Waals surface area contributed by atoms with E-state index >= 15 is 0 Å². The van der Waals surface area contributed by atoms with E-state index in [1.165, 1.54) is 196 Å². The fraction of sp³-hybridized carbons (Fsp3) is 0.172. The topological polar surface area (TPSA) is 6.48 Å². The number of thiophene rings is 2. The molecular formula is C87H72B2N2S2. The summed E-state index contributed by atoms with van der Waals surface area (Å²) in [6, 6.07) is 85.6. The number of rotatable bonds is 5. The number of aryl methyl sites for hydroxylation is 3. The molecule has 93 heavy (non-hydrogen) atoms. The van der Waals surface area contributed by atoms with Gasteiger partial charge in [0.1, 0.15) is 0 Å². The molecule has 0 saturated heterocycles. The Balaban J connectivity index is 0.773. The summed E-state index contributed by atoms with van der Waals surface area (Å²) in [5, 5.41) is 5.27. The van der Waals surface area contributed by atoms with E-state index in [-0.39, 0.29) is 29.7 Å². The van der Waals surface area contributed by atoms with Crippen LogP contribution in [0, 0.1) is 20.8 Å². The molecule has 2 aromatic heterocycles. The second-order valence-electron chi connectivity index (χ2n) is 30.2. The van der Waals surface area contributed by atoms with Crippen molar-refractivity contribution < 1.29 is 0 Å². The van der Waals surface area contributed by atoms with Gasteiger partial charge in [0.15, 0.2) is 0 Å². The van der Waals surface area contributed by atoms with Crippen LogP contribution in [0.2, 0.25) is 0 Å². The molecule has 6 heteroatoms. The zero-order valence-electron chi connectivity index (χ0n) is 55.2. The van der Waals surface area contributed by atoms with Crippen LogP contribution in [0.25, 0.3) is 96.0 Å². The smallest absolute Gasteiger partial charge is 0.248 e. The highest BCUT2D eigenvalue weighted by atomic mass is 32.1. The van der Waals surface area contributed by atoms with Gasteiger partial charge in [0.25, 0.3) is 0 Å². The molecule has 448 valence electrons. The molecule has 0 bridgehead atoms. The van der Waals surface area contributed by atoms with Crippen LogP contribution in [0.1, 0.15) is 95.7 Å². The van der Waals surface area contributed by atoms with Gasteiger partial charge in [0.05, 0.1) is 0 Å². The first-order valence-electron chi connectivity index (χ1n) is 33.3. The number of anilines is 6. The highest BCUT2D eigenvalue weighted by Crippen LogP contribution is 2.50. The molecule has 0 spiro atoms. The first-order valence-corrected chi connectivity index (χ1v) is 34.9. The van der Waals surface area contributed by atoms with Crippen molar-refractivity contribution in [1.29, 1.82) is 0 Å². The lowest BCUT2D eigenvalue weighted by Gasteiger charge is -2.38. The maximum atomic E-state index is 2.62. The largest absolute Gasteiger partial charge is 0.311 e. The van der Waals surface area contributed by atoms with E-state index in [9.17, 15) is 0 Å². The van der Waals surface area contributed by atoms with E-state index in [0.717, 1.165) is 0 Å². The van der Waals surface area contributed by atoms with Crippen molar-refractivity contribution >= 4 is 143 Å². The van der Waals surface area contributed by atoms with E-state index in [2.05, 4.69) is 311 Å². The third-order valence-electron chi connectivity index (χ3n) is 21.3. The van der Waals surface area contributed by atoms with Crippen LogP contribution < -0.4 is 42.6 Å². The van der Waals surface area contributed by atoms with E-state index in [1.807, 2.05) is 22.7 Å². The molecule has 12 aromatic carbocycles. The quantitative estimate of drug-likeness (QED) is 0.159. The van der Waals surface area contributed by atoms with Crippen LogP contribution >= 0.6 is 22.7 Å². The lowest BCUT2D eigenvalue weighted by Crippen LogP contribution is -2.55. The Hall–Kier alpha value is -9.19. The zero-order chi connectivity index (χ0) is 63.5. The molecule has 0 amide bonds. The Morgan fingerprint density at radius 2 is 0.806 bits per heavy atom. The third kappa shape index (κ3) is 8.53. The average molecular weight is 1230 g/mol. The molecule has 0 unspecified atom stereocenters. The van der Waals surface area contributed by atoms with Crippen molar-refractivity contribution in [3.63, 3.8) is 0 Å². The summed E-state index contributed by atoms with van der Waals surface area (Å²) >= 11 is 3.82. The molecule has 14 aromatic rings. The van der Waals surface area contributed by atoms with Crippen molar-refractivity contribution in [3.8, 4) is 55.6 Å². The van der Waals surface area contributed by atoms with Crippen molar-refractivity contribution in [1.82, 2.24) is 0 Å². The van der Waals surface area contributed by atoms with E-state index in [1.54, 1.807) is 0 Å². The van der Waals surface area contributed by atoms with Gasteiger partial charge in [-0.15, -0.1) is 22.7 Å². The lowest BCUT2D eigenvalue weighted by molar-refractivity contribution is 0.590. The van der Waals surface area contributed by atoms with Gasteiger partial charge in [0, 0.05) is 74.5 Å². The second-order valence-corrected chi connectivity index (χ2v) is 32.4. The van der Waals surface area contributed by atoms with Gasteiger partial charge in [-0.25, -0.2) is 0 Å². The van der Waals surface area contributed by atoms with E-state index in [0.29, 0.717) is 0 Å². The molecule has 4 aliphatic heterocycles. The van der Waals surface area contributed by atoms with Crippen LogP contribution in [0.3, 0.4) is 0 Å². The first kappa shape index (κ1) is 56.6. The Morgan fingerprint density at radius 3 is 1.44 bits per heavy atom. The highest BCUT2D eigenvalue weighted by Gasteiger charge is 2.46. The van der Waals surface area contributed by atoms with Crippen molar-refractivity contribution in [2.24, 2.45) is 0 Å². The van der Waals surface area contributed by atoms with Crippen LogP contribution in [0.4, 0.5) is 34.1 Å². The third-order valence-corrected chi connectivity index (χ3v) is 23.6. The normalized spacial score (nSPS) is 13.7. The highest BCUT2D eigenvalue weighted by molar-refractivity contribution is 7.26. The minimum absolute atomic E-state index is 0.00173. The monoisotopic (exact) mass is 1230 g/mol. The Morgan fingerprint density at radius 1 is 0.290 bits per heavy atom. The zero-order valence-corrected chi connectivity index (χ0v) is 56.8. The predicted molar refractivity (Wildman–Crippen MR) is 408 cm³/mol. The molecule has 0 N–H and O–H groups in total. The number of hydrogen-bond acceptors (Lipinski definition) is 4.